The number of ether oxygens (including phenoxy) is 3. The summed E-state index contributed by atoms with van der Waals surface area (Å²) in [6.45, 7) is 6.04. The van der Waals surface area contributed by atoms with Gasteiger partial charge in [-0.25, -0.2) is 9.59 Å². The maximum atomic E-state index is 11.4. The molecule has 0 radical (unpaired) electrons. The van der Waals surface area contributed by atoms with E-state index in [2.05, 4.69) is 11.3 Å². The van der Waals surface area contributed by atoms with Gasteiger partial charge in [-0.3, -0.25) is 0 Å². The van der Waals surface area contributed by atoms with Crippen LogP contribution in [0.15, 0.2) is 12.2 Å². The van der Waals surface area contributed by atoms with E-state index in [-0.39, 0.29) is 29.2 Å². The highest BCUT2D eigenvalue weighted by Gasteiger charge is 2.26. The van der Waals surface area contributed by atoms with Gasteiger partial charge in [-0.05, 0) is 6.92 Å². The molecule has 5 nitrogen and oxygen atoms in total. The summed E-state index contributed by atoms with van der Waals surface area (Å²) >= 11 is 0. The van der Waals surface area contributed by atoms with Crippen molar-refractivity contribution in [1.82, 2.24) is 0 Å². The average Bonchev–Trinajstić information content (AvgIpc) is 2.30. The van der Waals surface area contributed by atoms with Gasteiger partial charge in [-0.2, -0.15) is 0 Å². The lowest BCUT2D eigenvalue weighted by atomic mass is 10.4. The highest BCUT2D eigenvalue weighted by molar-refractivity contribution is 7.97. The van der Waals surface area contributed by atoms with Crippen molar-refractivity contribution in [3.63, 3.8) is 0 Å². The lowest BCUT2D eigenvalue weighted by molar-refractivity contribution is -0.162. The zero-order valence-corrected chi connectivity index (χ0v) is 10.7. The van der Waals surface area contributed by atoms with Crippen LogP contribution in [-0.4, -0.2) is 49.2 Å². The van der Waals surface area contributed by atoms with E-state index in [0.717, 1.165) is 11.5 Å². The van der Waals surface area contributed by atoms with Crippen LogP contribution in [0.1, 0.15) is 6.92 Å². The Hall–Kier alpha value is -1.01. The third-order valence-electron chi connectivity index (χ3n) is 2.11. The minimum atomic E-state index is -0.550. The van der Waals surface area contributed by atoms with Crippen LogP contribution in [0.2, 0.25) is 0 Å². The first-order valence-electron chi connectivity index (χ1n) is 5.29. The monoisotopic (exact) mass is 261 g/mol. The second-order valence-corrected chi connectivity index (χ2v) is 5.95. The fourth-order valence-electron chi connectivity index (χ4n) is 1.18. The summed E-state index contributed by atoms with van der Waals surface area (Å²) in [6.07, 6.45) is 0. The van der Waals surface area contributed by atoms with Crippen molar-refractivity contribution < 1.29 is 23.8 Å². The summed E-state index contributed by atoms with van der Waals surface area (Å²) in [6, 6.07) is 0. The summed E-state index contributed by atoms with van der Waals surface area (Å²) in [7, 11) is 0.0447. The van der Waals surface area contributed by atoms with Crippen LogP contribution in [0.5, 0.6) is 0 Å². The standard InChI is InChI=1S/C11H17O5S/c1-9(2)11(13)16-8-15-10(12)7-17-5-3-14-4-6-17/h1,3-8H2,2H3/q+1. The Morgan fingerprint density at radius 1 is 1.29 bits per heavy atom. The van der Waals surface area contributed by atoms with E-state index < -0.39 is 5.97 Å². The van der Waals surface area contributed by atoms with Crippen molar-refractivity contribution in [2.24, 2.45) is 0 Å². The van der Waals surface area contributed by atoms with E-state index in [4.69, 9.17) is 9.47 Å². The van der Waals surface area contributed by atoms with Gasteiger partial charge >= 0.3 is 11.9 Å². The number of hydrogen-bond donors (Lipinski definition) is 0. The summed E-state index contributed by atoms with van der Waals surface area (Å²) < 4.78 is 14.7. The molecule has 1 fully saturated rings. The van der Waals surface area contributed by atoms with Crippen molar-refractivity contribution in [3.05, 3.63) is 12.2 Å². The molecule has 0 bridgehead atoms. The lowest BCUT2D eigenvalue weighted by Gasteiger charge is -2.13. The van der Waals surface area contributed by atoms with Gasteiger partial charge in [0.1, 0.15) is 11.5 Å². The minimum absolute atomic E-state index is 0.0447. The third-order valence-corrected chi connectivity index (χ3v) is 4.25. The fourth-order valence-corrected chi connectivity index (χ4v) is 2.80. The highest BCUT2D eigenvalue weighted by atomic mass is 32.2. The molecule has 96 valence electrons. The molecular formula is C11H17O5S+. The molecule has 0 aromatic heterocycles. The van der Waals surface area contributed by atoms with Crippen LogP contribution in [0.4, 0.5) is 0 Å². The van der Waals surface area contributed by atoms with E-state index in [9.17, 15) is 9.59 Å². The molecule has 0 amide bonds. The van der Waals surface area contributed by atoms with Crippen LogP contribution in [0.25, 0.3) is 0 Å². The maximum Gasteiger partial charge on any atom is 0.359 e. The zero-order valence-electron chi connectivity index (χ0n) is 9.90. The van der Waals surface area contributed by atoms with Crippen molar-refractivity contribution in [2.75, 3.05) is 37.3 Å². The van der Waals surface area contributed by atoms with Gasteiger partial charge in [0.05, 0.1) is 13.2 Å². The number of carbonyl (C=O) groups is 2. The Kier molecular flexibility index (Phi) is 6.07. The second kappa shape index (κ2) is 7.34. The predicted molar refractivity (Wildman–Crippen MR) is 64.7 cm³/mol. The molecule has 6 heteroatoms. The first kappa shape index (κ1) is 14.1. The van der Waals surface area contributed by atoms with Crippen molar-refractivity contribution in [2.45, 2.75) is 6.92 Å². The molecule has 1 rings (SSSR count). The molecule has 0 atom stereocenters. The molecule has 1 heterocycles. The molecular weight excluding hydrogens is 244 g/mol. The summed E-state index contributed by atoms with van der Waals surface area (Å²) in [5.74, 6) is 1.31. The first-order valence-corrected chi connectivity index (χ1v) is 7.03. The van der Waals surface area contributed by atoms with Crippen molar-refractivity contribution >= 4 is 22.8 Å². The highest BCUT2D eigenvalue weighted by Crippen LogP contribution is 2.04. The molecule has 0 saturated carbocycles. The Labute approximate surface area is 103 Å². The molecule has 0 aromatic rings. The largest absolute Gasteiger partial charge is 0.425 e. The van der Waals surface area contributed by atoms with E-state index in [0.29, 0.717) is 19.0 Å². The van der Waals surface area contributed by atoms with Crippen LogP contribution in [0.3, 0.4) is 0 Å². The summed E-state index contributed by atoms with van der Waals surface area (Å²) in [4.78, 5) is 22.4. The van der Waals surface area contributed by atoms with Crippen LogP contribution >= 0.6 is 0 Å². The SMILES string of the molecule is C=C(C)C(=O)OCOC(=O)C[S+]1CCOCC1. The quantitative estimate of drug-likeness (QED) is 0.307. The van der Waals surface area contributed by atoms with Crippen LogP contribution < -0.4 is 0 Å². The van der Waals surface area contributed by atoms with Gasteiger partial charge in [0.25, 0.3) is 0 Å². The fraction of sp³-hybridized carbons (Fsp3) is 0.636. The van der Waals surface area contributed by atoms with E-state index in [1.807, 2.05) is 0 Å². The Morgan fingerprint density at radius 3 is 2.53 bits per heavy atom. The van der Waals surface area contributed by atoms with Crippen LogP contribution in [0, 0.1) is 0 Å². The number of hydrogen-bond acceptors (Lipinski definition) is 5. The Bertz CT molecular complexity index is 296. The molecule has 17 heavy (non-hydrogen) atoms. The normalized spacial score (nSPS) is 16.3. The number of esters is 2. The van der Waals surface area contributed by atoms with Gasteiger partial charge in [0.15, 0.2) is 0 Å². The van der Waals surface area contributed by atoms with Gasteiger partial charge in [-0.1, -0.05) is 6.58 Å². The second-order valence-electron chi connectivity index (χ2n) is 3.62. The first-order chi connectivity index (χ1) is 8.09. The summed E-state index contributed by atoms with van der Waals surface area (Å²) in [5.41, 5.74) is 0.285. The van der Waals surface area contributed by atoms with Gasteiger partial charge in [0.2, 0.25) is 12.5 Å². The molecule has 0 spiro atoms. The molecule has 0 unspecified atom stereocenters. The minimum Gasteiger partial charge on any atom is -0.425 e. The van der Waals surface area contributed by atoms with E-state index in [1.54, 1.807) is 0 Å². The summed E-state index contributed by atoms with van der Waals surface area (Å²) in [5, 5.41) is 0. The predicted octanol–water partition coefficient (Wildman–Crippen LogP) is 0.255. The lowest BCUT2D eigenvalue weighted by Crippen LogP contribution is -2.32. The topological polar surface area (TPSA) is 61.8 Å². The number of carbonyl (C=O) groups excluding carboxylic acids is 2. The van der Waals surface area contributed by atoms with Crippen molar-refractivity contribution in [3.8, 4) is 0 Å². The zero-order chi connectivity index (χ0) is 12.7. The van der Waals surface area contributed by atoms with Gasteiger partial charge in [-0.15, -0.1) is 0 Å². The molecule has 0 aromatic carbocycles. The molecule has 1 saturated heterocycles. The number of rotatable bonds is 5. The average molecular weight is 261 g/mol. The van der Waals surface area contributed by atoms with E-state index in [1.165, 1.54) is 6.92 Å². The molecule has 0 N–H and O–H groups in total. The third kappa shape index (κ3) is 5.74. The molecule has 1 aliphatic rings. The molecule has 0 aliphatic carbocycles. The molecule has 1 aliphatic heterocycles. The van der Waals surface area contributed by atoms with Gasteiger partial charge < -0.3 is 14.2 Å². The Balaban J connectivity index is 2.12. The maximum absolute atomic E-state index is 11.4. The van der Waals surface area contributed by atoms with E-state index >= 15 is 0 Å². The van der Waals surface area contributed by atoms with Gasteiger partial charge in [0, 0.05) is 16.5 Å². The van der Waals surface area contributed by atoms with Crippen molar-refractivity contribution in [1.29, 1.82) is 0 Å². The Morgan fingerprint density at radius 2 is 1.94 bits per heavy atom. The smallest absolute Gasteiger partial charge is 0.359 e. The van der Waals surface area contributed by atoms with Crippen LogP contribution in [-0.2, 0) is 34.7 Å².